The zero-order valence-electron chi connectivity index (χ0n) is 11.5. The van der Waals surface area contributed by atoms with Crippen LogP contribution < -0.4 is 15.4 Å². The summed E-state index contributed by atoms with van der Waals surface area (Å²) in [6, 6.07) is 3.73. The maximum Gasteiger partial charge on any atom is 0.167 e. The van der Waals surface area contributed by atoms with Gasteiger partial charge in [-0.05, 0) is 39.0 Å². The van der Waals surface area contributed by atoms with Crippen LogP contribution in [0.2, 0.25) is 0 Å². The normalized spacial score (nSPS) is 25.4. The fourth-order valence-electron chi connectivity index (χ4n) is 3.37. The van der Waals surface area contributed by atoms with E-state index in [2.05, 4.69) is 4.90 Å². The molecule has 0 amide bonds. The van der Waals surface area contributed by atoms with Gasteiger partial charge in [0.05, 0.1) is 17.5 Å². The lowest BCUT2D eigenvalue weighted by atomic mass is 10.1. The molecular formula is C15H21FN2O. The highest BCUT2D eigenvalue weighted by Crippen LogP contribution is 2.43. The average molecular weight is 264 g/mol. The van der Waals surface area contributed by atoms with E-state index >= 15 is 0 Å². The highest BCUT2D eigenvalue weighted by atomic mass is 19.1. The molecule has 2 unspecified atom stereocenters. The smallest absolute Gasteiger partial charge is 0.167 e. The van der Waals surface area contributed by atoms with Gasteiger partial charge >= 0.3 is 0 Å². The lowest BCUT2D eigenvalue weighted by Gasteiger charge is -2.30. The molecule has 2 bridgehead atoms. The summed E-state index contributed by atoms with van der Waals surface area (Å²) in [6.45, 7) is 4.84. The third-order valence-electron chi connectivity index (χ3n) is 4.16. The standard InChI is InChI=1S/C15H21FN2O/c1-9(2)19-15-7-14(13(17)6-12(15)16)18-8-10-3-4-11(18)5-10/h6-7,9-11H,3-5,8,17H2,1-2H3. The molecule has 1 aromatic rings. The molecule has 0 spiro atoms. The number of fused-ring (bicyclic) bond motifs is 2. The SMILES string of the molecule is CC(C)Oc1cc(N2CC3CCC2C3)c(N)cc1F. The van der Waals surface area contributed by atoms with Gasteiger partial charge in [-0.25, -0.2) is 4.39 Å². The molecule has 1 aliphatic heterocycles. The molecule has 1 heterocycles. The van der Waals surface area contributed by atoms with Crippen LogP contribution in [0.3, 0.4) is 0 Å². The highest BCUT2D eigenvalue weighted by molar-refractivity contribution is 5.71. The van der Waals surface area contributed by atoms with Crippen molar-refractivity contribution in [3.05, 3.63) is 17.9 Å². The van der Waals surface area contributed by atoms with E-state index in [9.17, 15) is 4.39 Å². The van der Waals surface area contributed by atoms with Crippen LogP contribution in [0.4, 0.5) is 15.8 Å². The summed E-state index contributed by atoms with van der Waals surface area (Å²) in [5.74, 6) is 0.713. The van der Waals surface area contributed by atoms with Gasteiger partial charge in [0.2, 0.25) is 0 Å². The second-order valence-corrected chi connectivity index (χ2v) is 5.99. The molecule has 2 atom stereocenters. The van der Waals surface area contributed by atoms with Gasteiger partial charge in [-0.15, -0.1) is 0 Å². The van der Waals surface area contributed by atoms with Crippen molar-refractivity contribution in [2.45, 2.75) is 45.3 Å². The highest BCUT2D eigenvalue weighted by Gasteiger charge is 2.38. The molecule has 2 N–H and O–H groups in total. The Balaban J connectivity index is 1.92. The number of benzene rings is 1. The Hall–Kier alpha value is -1.45. The number of nitrogen functional groups attached to an aromatic ring is 1. The van der Waals surface area contributed by atoms with Gasteiger partial charge in [0.25, 0.3) is 0 Å². The van der Waals surface area contributed by atoms with E-state index in [0.717, 1.165) is 18.2 Å². The molecule has 104 valence electrons. The van der Waals surface area contributed by atoms with Crippen molar-refractivity contribution in [1.82, 2.24) is 0 Å². The van der Waals surface area contributed by atoms with E-state index in [1.54, 1.807) is 6.07 Å². The van der Waals surface area contributed by atoms with Crippen molar-refractivity contribution >= 4 is 11.4 Å². The number of rotatable bonds is 3. The number of piperidine rings is 1. The largest absolute Gasteiger partial charge is 0.488 e. The Morgan fingerprint density at radius 3 is 2.74 bits per heavy atom. The Morgan fingerprint density at radius 2 is 2.16 bits per heavy atom. The summed E-state index contributed by atoms with van der Waals surface area (Å²) in [4.78, 5) is 2.33. The quantitative estimate of drug-likeness (QED) is 0.852. The number of halogens is 1. The fourth-order valence-corrected chi connectivity index (χ4v) is 3.37. The van der Waals surface area contributed by atoms with Crippen LogP contribution in [0.1, 0.15) is 33.1 Å². The molecule has 1 saturated carbocycles. The monoisotopic (exact) mass is 264 g/mol. The molecule has 2 fully saturated rings. The van der Waals surface area contributed by atoms with Crippen LogP contribution in [-0.4, -0.2) is 18.7 Å². The lowest BCUT2D eigenvalue weighted by molar-refractivity contribution is 0.231. The second-order valence-electron chi connectivity index (χ2n) is 5.99. The van der Waals surface area contributed by atoms with E-state index in [0.29, 0.717) is 17.5 Å². The van der Waals surface area contributed by atoms with Gasteiger partial charge in [-0.2, -0.15) is 0 Å². The number of hydrogen-bond acceptors (Lipinski definition) is 3. The van der Waals surface area contributed by atoms with Crippen molar-refractivity contribution < 1.29 is 9.13 Å². The topological polar surface area (TPSA) is 38.5 Å². The minimum Gasteiger partial charge on any atom is -0.488 e. The number of hydrogen-bond donors (Lipinski definition) is 1. The van der Waals surface area contributed by atoms with Gasteiger partial charge in [0.1, 0.15) is 0 Å². The Labute approximate surface area is 113 Å². The van der Waals surface area contributed by atoms with Crippen molar-refractivity contribution in [3.8, 4) is 5.75 Å². The van der Waals surface area contributed by atoms with Gasteiger partial charge in [0, 0.05) is 24.7 Å². The molecule has 19 heavy (non-hydrogen) atoms. The van der Waals surface area contributed by atoms with Gasteiger partial charge < -0.3 is 15.4 Å². The van der Waals surface area contributed by atoms with Gasteiger partial charge in [-0.1, -0.05) is 0 Å². The first-order valence-electron chi connectivity index (χ1n) is 7.07. The van der Waals surface area contributed by atoms with E-state index in [4.69, 9.17) is 10.5 Å². The minimum atomic E-state index is -0.376. The third-order valence-corrected chi connectivity index (χ3v) is 4.16. The Morgan fingerprint density at radius 1 is 1.37 bits per heavy atom. The third kappa shape index (κ3) is 2.24. The predicted octanol–water partition coefficient (Wildman–Crippen LogP) is 3.18. The second kappa shape index (κ2) is 4.58. The lowest BCUT2D eigenvalue weighted by Crippen LogP contribution is -2.32. The van der Waals surface area contributed by atoms with Gasteiger partial charge in [0.15, 0.2) is 11.6 Å². The number of nitrogens with two attached hydrogens (primary N) is 1. The van der Waals surface area contributed by atoms with Crippen LogP contribution in [0.25, 0.3) is 0 Å². The first-order valence-corrected chi connectivity index (χ1v) is 7.07. The zero-order chi connectivity index (χ0) is 13.6. The molecule has 0 radical (unpaired) electrons. The maximum atomic E-state index is 13.8. The first-order chi connectivity index (χ1) is 9.04. The van der Waals surface area contributed by atoms with E-state index in [1.807, 2.05) is 13.8 Å². The van der Waals surface area contributed by atoms with E-state index < -0.39 is 0 Å². The van der Waals surface area contributed by atoms with Gasteiger partial charge in [-0.3, -0.25) is 0 Å². The van der Waals surface area contributed by atoms with E-state index in [-0.39, 0.29) is 11.9 Å². The summed E-state index contributed by atoms with van der Waals surface area (Å²) < 4.78 is 19.4. The Kier molecular flexibility index (Phi) is 3.03. The molecule has 0 aromatic heterocycles. The fraction of sp³-hybridized carbons (Fsp3) is 0.600. The van der Waals surface area contributed by atoms with Crippen molar-refractivity contribution in [3.63, 3.8) is 0 Å². The summed E-state index contributed by atoms with van der Waals surface area (Å²) in [7, 11) is 0. The minimum absolute atomic E-state index is 0.0407. The predicted molar refractivity (Wildman–Crippen MR) is 75.1 cm³/mol. The van der Waals surface area contributed by atoms with Crippen molar-refractivity contribution in [2.24, 2.45) is 5.92 Å². The molecule has 4 heteroatoms. The van der Waals surface area contributed by atoms with Crippen LogP contribution in [0, 0.1) is 11.7 Å². The molecule has 1 saturated heterocycles. The van der Waals surface area contributed by atoms with Crippen LogP contribution in [0.5, 0.6) is 5.75 Å². The summed E-state index contributed by atoms with van der Waals surface area (Å²) in [5.41, 5.74) is 7.44. The molecule has 1 aromatic carbocycles. The summed E-state index contributed by atoms with van der Waals surface area (Å²) >= 11 is 0. The van der Waals surface area contributed by atoms with Crippen molar-refractivity contribution in [2.75, 3.05) is 17.2 Å². The van der Waals surface area contributed by atoms with E-state index in [1.165, 1.54) is 25.3 Å². The van der Waals surface area contributed by atoms with Crippen LogP contribution in [-0.2, 0) is 0 Å². The number of nitrogens with zero attached hydrogens (tertiary/aromatic N) is 1. The van der Waals surface area contributed by atoms with Crippen LogP contribution >= 0.6 is 0 Å². The zero-order valence-corrected chi connectivity index (χ0v) is 11.5. The first kappa shape index (κ1) is 12.6. The summed E-state index contributed by atoms with van der Waals surface area (Å²) in [5, 5.41) is 0. The number of ether oxygens (including phenoxy) is 1. The molecule has 1 aliphatic carbocycles. The number of anilines is 2. The van der Waals surface area contributed by atoms with Crippen LogP contribution in [0.15, 0.2) is 12.1 Å². The summed E-state index contributed by atoms with van der Waals surface area (Å²) in [6.07, 6.45) is 3.75. The molecular weight excluding hydrogens is 243 g/mol. The van der Waals surface area contributed by atoms with Crippen molar-refractivity contribution in [1.29, 1.82) is 0 Å². The maximum absolute atomic E-state index is 13.8. The molecule has 3 rings (SSSR count). The Bertz CT molecular complexity index is 489. The molecule has 2 aliphatic rings. The molecule has 3 nitrogen and oxygen atoms in total. The average Bonchev–Trinajstić information content (AvgIpc) is 2.94.